The second-order valence-corrected chi connectivity index (χ2v) is 10.5. The Morgan fingerprint density at radius 1 is 1.10 bits per heavy atom. The number of carboxylic acids is 1. The lowest BCUT2D eigenvalue weighted by molar-refractivity contribution is -0.143. The fourth-order valence-corrected chi connectivity index (χ4v) is 5.57. The van der Waals surface area contributed by atoms with Gasteiger partial charge in [-0.25, -0.2) is 0 Å². The van der Waals surface area contributed by atoms with Crippen molar-refractivity contribution in [1.29, 1.82) is 0 Å². The van der Waals surface area contributed by atoms with E-state index in [1.807, 2.05) is 26.0 Å². The van der Waals surface area contributed by atoms with Crippen LogP contribution in [0.15, 0.2) is 47.0 Å². The Balaban J connectivity index is 1.35. The smallest absolute Gasteiger partial charge is 0.417 e. The first-order valence-electron chi connectivity index (χ1n) is 13.7. The Bertz CT molecular complexity index is 1530. The maximum Gasteiger partial charge on any atom is 0.417 e. The van der Waals surface area contributed by atoms with Crippen molar-refractivity contribution in [2.24, 2.45) is 5.92 Å². The third kappa shape index (κ3) is 6.04. The van der Waals surface area contributed by atoms with E-state index >= 15 is 0 Å². The van der Waals surface area contributed by atoms with E-state index in [1.54, 1.807) is 19.1 Å². The summed E-state index contributed by atoms with van der Waals surface area (Å²) >= 11 is 0. The minimum absolute atomic E-state index is 0.0356. The van der Waals surface area contributed by atoms with Crippen molar-refractivity contribution in [3.63, 3.8) is 0 Å². The van der Waals surface area contributed by atoms with Gasteiger partial charge in [-0.15, -0.1) is 0 Å². The first-order valence-corrected chi connectivity index (χ1v) is 13.7. The van der Waals surface area contributed by atoms with Crippen LogP contribution in [0, 0.1) is 19.8 Å². The molecule has 1 N–H and O–H groups in total. The molecule has 4 aromatic rings. The van der Waals surface area contributed by atoms with Crippen molar-refractivity contribution in [1.82, 2.24) is 24.8 Å². The summed E-state index contributed by atoms with van der Waals surface area (Å²) in [5.41, 5.74) is 4.11. The minimum Gasteiger partial charge on any atom is -0.481 e. The van der Waals surface area contributed by atoms with Crippen molar-refractivity contribution in [3.8, 4) is 34.2 Å². The molecule has 0 amide bonds. The van der Waals surface area contributed by atoms with Crippen LogP contribution in [0.5, 0.6) is 0 Å². The number of hydrogen-bond acceptors (Lipinski definition) is 6. The number of aromatic nitrogens is 4. The van der Waals surface area contributed by atoms with Gasteiger partial charge in [-0.05, 0) is 94.1 Å². The number of aryl methyl sites for hydroxylation is 3. The number of nitrogens with zero attached hydrogens (tertiary/aromatic N) is 5. The highest BCUT2D eigenvalue weighted by atomic mass is 19.4. The first-order chi connectivity index (χ1) is 19.5. The Kier molecular flexibility index (Phi) is 7.99. The molecule has 2 aromatic heterocycles. The molecule has 1 saturated heterocycles. The fraction of sp³-hybridized carbons (Fsp3) is 0.400. The summed E-state index contributed by atoms with van der Waals surface area (Å²) in [5.74, 6) is -0.451. The molecule has 0 unspecified atom stereocenters. The van der Waals surface area contributed by atoms with E-state index in [1.165, 1.54) is 22.4 Å². The number of benzene rings is 2. The van der Waals surface area contributed by atoms with Gasteiger partial charge in [0.2, 0.25) is 5.82 Å². The van der Waals surface area contributed by atoms with Gasteiger partial charge in [0.25, 0.3) is 5.89 Å². The highest BCUT2D eigenvalue weighted by Gasteiger charge is 2.34. The van der Waals surface area contributed by atoms with Crippen molar-refractivity contribution in [2.45, 2.75) is 52.8 Å². The zero-order valence-electron chi connectivity index (χ0n) is 23.2. The maximum absolute atomic E-state index is 13.7. The van der Waals surface area contributed by atoms with Gasteiger partial charge in [0, 0.05) is 24.2 Å². The summed E-state index contributed by atoms with van der Waals surface area (Å²) < 4.78 is 48.0. The molecule has 8 nitrogen and oxygen atoms in total. The van der Waals surface area contributed by atoms with Crippen molar-refractivity contribution in [2.75, 3.05) is 19.6 Å². The molecule has 0 bridgehead atoms. The Morgan fingerprint density at radius 2 is 1.78 bits per heavy atom. The molecule has 3 heterocycles. The molecule has 2 aromatic carbocycles. The van der Waals surface area contributed by atoms with Gasteiger partial charge >= 0.3 is 12.1 Å². The van der Waals surface area contributed by atoms with Crippen LogP contribution in [-0.4, -0.2) is 55.5 Å². The van der Waals surface area contributed by atoms with Gasteiger partial charge in [-0.2, -0.15) is 23.3 Å². The maximum atomic E-state index is 13.7. The van der Waals surface area contributed by atoms with E-state index in [2.05, 4.69) is 20.1 Å². The Morgan fingerprint density at radius 3 is 2.41 bits per heavy atom. The van der Waals surface area contributed by atoms with E-state index in [-0.39, 0.29) is 17.4 Å². The summed E-state index contributed by atoms with van der Waals surface area (Å²) in [6.07, 6.45) is -2.29. The summed E-state index contributed by atoms with van der Waals surface area (Å²) in [6.45, 7) is 8.68. The zero-order chi connectivity index (χ0) is 29.3. The third-order valence-electron chi connectivity index (χ3n) is 7.80. The topological polar surface area (TPSA) is 97.3 Å². The van der Waals surface area contributed by atoms with Crippen LogP contribution in [0.2, 0.25) is 0 Å². The van der Waals surface area contributed by atoms with E-state index in [4.69, 9.17) is 4.52 Å². The van der Waals surface area contributed by atoms with Crippen LogP contribution in [-0.2, 0) is 23.9 Å². The molecule has 11 heteroatoms. The molecule has 0 spiro atoms. The van der Waals surface area contributed by atoms with Crippen molar-refractivity contribution >= 4 is 5.97 Å². The summed E-state index contributed by atoms with van der Waals surface area (Å²) in [7, 11) is 0. The van der Waals surface area contributed by atoms with Gasteiger partial charge in [-0.1, -0.05) is 23.4 Å². The first kappa shape index (κ1) is 28.5. The van der Waals surface area contributed by atoms with Crippen LogP contribution < -0.4 is 0 Å². The number of alkyl halides is 3. The molecule has 5 rings (SSSR count). The predicted molar refractivity (Wildman–Crippen MR) is 147 cm³/mol. The van der Waals surface area contributed by atoms with E-state index in [0.29, 0.717) is 36.6 Å². The van der Waals surface area contributed by atoms with Crippen molar-refractivity contribution in [3.05, 3.63) is 64.7 Å². The Hall–Kier alpha value is -3.99. The predicted octanol–water partition coefficient (Wildman–Crippen LogP) is 6.26. The van der Waals surface area contributed by atoms with Crippen LogP contribution in [0.1, 0.15) is 42.0 Å². The molecule has 41 heavy (non-hydrogen) atoms. The standard InChI is InChI=1S/C30H32F3N5O3/c1-4-38-26(23-7-5-6-8-24(23)30(31,32)33)17-25(35-38)28-34-27(36-41-28)21-15-18(2)22(19(3)16-21)11-14-37-12-9-20(10-13-37)29(39)40/h5-8,15-17,20H,4,9-14H2,1-3H3,(H,39,40). The molecule has 0 saturated carbocycles. The lowest BCUT2D eigenvalue weighted by Gasteiger charge is -2.30. The third-order valence-corrected chi connectivity index (χ3v) is 7.80. The largest absolute Gasteiger partial charge is 0.481 e. The highest BCUT2D eigenvalue weighted by molar-refractivity contribution is 5.70. The van der Waals surface area contributed by atoms with Crippen molar-refractivity contribution < 1.29 is 27.6 Å². The van der Waals surface area contributed by atoms with Gasteiger partial charge in [0.05, 0.1) is 17.2 Å². The molecule has 1 aliphatic rings. The zero-order valence-corrected chi connectivity index (χ0v) is 23.2. The number of carbonyl (C=O) groups is 1. The SMILES string of the molecule is CCn1nc(-c2nc(-c3cc(C)c(CCN4CCC(C(=O)O)CC4)c(C)c3)no2)cc1-c1ccccc1C(F)(F)F. The molecule has 0 radical (unpaired) electrons. The summed E-state index contributed by atoms with van der Waals surface area (Å²) in [6, 6.07) is 11.0. The van der Waals surface area contributed by atoms with Crippen LogP contribution in [0.4, 0.5) is 13.2 Å². The van der Waals surface area contributed by atoms with Crippen LogP contribution in [0.25, 0.3) is 34.2 Å². The average molecular weight is 568 g/mol. The number of piperidine rings is 1. The number of likely N-dealkylation sites (tertiary alicyclic amines) is 1. The summed E-state index contributed by atoms with van der Waals surface area (Å²) in [4.78, 5) is 18.1. The van der Waals surface area contributed by atoms with Gasteiger partial charge < -0.3 is 14.5 Å². The fourth-order valence-electron chi connectivity index (χ4n) is 5.57. The van der Waals surface area contributed by atoms with E-state index in [0.717, 1.165) is 48.8 Å². The number of carboxylic acid groups (broad SMARTS) is 1. The molecule has 1 aliphatic heterocycles. The van der Waals surface area contributed by atoms with Crippen LogP contribution >= 0.6 is 0 Å². The minimum atomic E-state index is -4.50. The molecule has 1 fully saturated rings. The molecule has 0 aliphatic carbocycles. The molecule has 216 valence electrons. The van der Waals surface area contributed by atoms with E-state index < -0.39 is 17.7 Å². The monoisotopic (exact) mass is 567 g/mol. The highest BCUT2D eigenvalue weighted by Crippen LogP contribution is 2.38. The molecular weight excluding hydrogens is 535 g/mol. The molecular formula is C30H32F3N5O3. The van der Waals surface area contributed by atoms with Gasteiger partial charge in [0.15, 0.2) is 5.69 Å². The Labute approximate surface area is 235 Å². The molecule has 0 atom stereocenters. The lowest BCUT2D eigenvalue weighted by atomic mass is 9.94. The second-order valence-electron chi connectivity index (χ2n) is 10.5. The van der Waals surface area contributed by atoms with Crippen LogP contribution in [0.3, 0.4) is 0 Å². The summed E-state index contributed by atoms with van der Waals surface area (Å²) in [5, 5.41) is 17.8. The number of halogens is 3. The lowest BCUT2D eigenvalue weighted by Crippen LogP contribution is -2.37. The van der Waals surface area contributed by atoms with E-state index in [9.17, 15) is 23.1 Å². The number of aliphatic carboxylic acids is 1. The number of hydrogen-bond donors (Lipinski definition) is 1. The second kappa shape index (κ2) is 11.5. The normalized spacial score (nSPS) is 15.0. The van der Waals surface area contributed by atoms with Gasteiger partial charge in [0.1, 0.15) is 0 Å². The number of rotatable bonds is 8. The quantitative estimate of drug-likeness (QED) is 0.268. The average Bonchev–Trinajstić information content (AvgIpc) is 3.60. The van der Waals surface area contributed by atoms with Gasteiger partial charge in [-0.3, -0.25) is 9.48 Å².